The number of methoxy groups -OCH3 is 1. The summed E-state index contributed by atoms with van der Waals surface area (Å²) in [7, 11) is -1.55. The van der Waals surface area contributed by atoms with Gasteiger partial charge in [0.2, 0.25) is 10.0 Å². The summed E-state index contributed by atoms with van der Waals surface area (Å²) in [6.07, 6.45) is 3.38. The van der Waals surface area contributed by atoms with Crippen molar-refractivity contribution in [3.8, 4) is 11.5 Å². The Kier molecular flexibility index (Phi) is 9.62. The third-order valence-corrected chi connectivity index (χ3v) is 7.15. The molecule has 3 rings (SSSR count). The molecular formula is C23H33ClN2O4S. The molecule has 2 aromatic carbocycles. The van der Waals surface area contributed by atoms with Crippen LogP contribution in [0.1, 0.15) is 42.4 Å². The molecule has 0 amide bonds. The Balaban J connectivity index is 0.00000341. The third-order valence-electron chi connectivity index (χ3n) is 5.56. The summed E-state index contributed by atoms with van der Waals surface area (Å²) in [5.41, 5.74) is 10.3. The zero-order valence-corrected chi connectivity index (χ0v) is 19.8. The lowest BCUT2D eigenvalue weighted by Crippen LogP contribution is -2.34. The molecule has 172 valence electrons. The normalized spacial score (nSPS) is 18.0. The lowest BCUT2D eigenvalue weighted by Gasteiger charge is -2.32. The van der Waals surface area contributed by atoms with Crippen molar-refractivity contribution in [2.24, 2.45) is 5.73 Å². The van der Waals surface area contributed by atoms with Gasteiger partial charge in [-0.15, -0.1) is 12.4 Å². The molecule has 0 saturated heterocycles. The summed E-state index contributed by atoms with van der Waals surface area (Å²) in [4.78, 5) is 0. The van der Waals surface area contributed by atoms with Gasteiger partial charge in [0.05, 0.1) is 12.9 Å². The highest BCUT2D eigenvalue weighted by molar-refractivity contribution is 7.89. The molecule has 0 saturated carbocycles. The Morgan fingerprint density at radius 2 is 1.84 bits per heavy atom. The van der Waals surface area contributed by atoms with Gasteiger partial charge in [-0.3, -0.25) is 0 Å². The second-order valence-corrected chi connectivity index (χ2v) is 9.71. The summed E-state index contributed by atoms with van der Waals surface area (Å²) >= 11 is 0. The first-order chi connectivity index (χ1) is 14.4. The molecule has 8 heteroatoms. The van der Waals surface area contributed by atoms with Crippen molar-refractivity contribution >= 4 is 22.4 Å². The molecule has 31 heavy (non-hydrogen) atoms. The van der Waals surface area contributed by atoms with Crippen LogP contribution < -0.4 is 19.9 Å². The maximum atomic E-state index is 11.7. The molecule has 1 aliphatic rings. The summed E-state index contributed by atoms with van der Waals surface area (Å²) in [6.45, 7) is 2.39. The minimum absolute atomic E-state index is 0. The van der Waals surface area contributed by atoms with E-state index >= 15 is 0 Å². The van der Waals surface area contributed by atoms with Crippen LogP contribution in [0, 0.1) is 0 Å². The van der Waals surface area contributed by atoms with Gasteiger partial charge in [0.15, 0.2) is 0 Å². The highest BCUT2D eigenvalue weighted by Crippen LogP contribution is 2.36. The fourth-order valence-electron chi connectivity index (χ4n) is 3.97. The van der Waals surface area contributed by atoms with E-state index in [0.29, 0.717) is 6.42 Å². The molecule has 2 atom stereocenters. The van der Waals surface area contributed by atoms with E-state index in [2.05, 4.69) is 29.0 Å². The smallest absolute Gasteiger partial charge is 0.211 e. The van der Waals surface area contributed by atoms with Gasteiger partial charge in [0.25, 0.3) is 0 Å². The number of hydrogen-bond donors (Lipinski definition) is 2. The summed E-state index contributed by atoms with van der Waals surface area (Å²) in [5.74, 6) is 1.94. The first-order valence-electron chi connectivity index (χ1n) is 10.5. The summed E-state index contributed by atoms with van der Waals surface area (Å²) in [6, 6.07) is 14.4. The van der Waals surface area contributed by atoms with Crippen molar-refractivity contribution < 1.29 is 17.9 Å². The first kappa shape index (κ1) is 25.5. The monoisotopic (exact) mass is 468 g/mol. The van der Waals surface area contributed by atoms with Gasteiger partial charge >= 0.3 is 0 Å². The number of nitrogens with two attached hydrogens (primary N) is 1. The van der Waals surface area contributed by atoms with Crippen LogP contribution in [-0.2, 0) is 22.9 Å². The number of nitrogens with one attached hydrogen (secondary N) is 1. The molecule has 0 aromatic heterocycles. The molecule has 6 nitrogen and oxygen atoms in total. The van der Waals surface area contributed by atoms with Gasteiger partial charge in [-0.2, -0.15) is 0 Å². The zero-order chi connectivity index (χ0) is 21.6. The van der Waals surface area contributed by atoms with Crippen LogP contribution in [0.4, 0.5) is 0 Å². The first-order valence-corrected chi connectivity index (χ1v) is 12.2. The van der Waals surface area contributed by atoms with E-state index in [1.807, 2.05) is 25.1 Å². The number of hydrogen-bond acceptors (Lipinski definition) is 5. The SMILES string of the molecule is CCCS(=O)(=O)NCCOc1ccc2c(c1)C(Cc1ccc(OC)cc1)C(N)CC2.Cl. The van der Waals surface area contributed by atoms with Crippen molar-refractivity contribution in [1.82, 2.24) is 4.72 Å². The van der Waals surface area contributed by atoms with E-state index in [9.17, 15) is 8.42 Å². The van der Waals surface area contributed by atoms with Crippen LogP contribution in [0.25, 0.3) is 0 Å². The highest BCUT2D eigenvalue weighted by Gasteiger charge is 2.27. The maximum Gasteiger partial charge on any atom is 0.211 e. The van der Waals surface area contributed by atoms with Crippen molar-refractivity contribution in [3.05, 3.63) is 59.2 Å². The largest absolute Gasteiger partial charge is 0.497 e. The number of fused-ring (bicyclic) bond motifs is 1. The quantitative estimate of drug-likeness (QED) is 0.521. The van der Waals surface area contributed by atoms with Crippen molar-refractivity contribution in [2.75, 3.05) is 26.0 Å². The molecule has 2 aromatic rings. The predicted octanol–water partition coefficient (Wildman–Crippen LogP) is 3.43. The molecule has 0 aliphatic heterocycles. The molecule has 0 fully saturated rings. The lowest BCUT2D eigenvalue weighted by molar-refractivity contribution is 0.321. The van der Waals surface area contributed by atoms with E-state index in [1.54, 1.807) is 7.11 Å². The van der Waals surface area contributed by atoms with Gasteiger partial charge in [-0.25, -0.2) is 13.1 Å². The highest BCUT2D eigenvalue weighted by atomic mass is 35.5. The Bertz CT molecular complexity index is 935. The maximum absolute atomic E-state index is 11.7. The number of aryl methyl sites for hydroxylation is 1. The summed E-state index contributed by atoms with van der Waals surface area (Å²) < 4.78 is 37.1. The Morgan fingerprint density at radius 1 is 1.13 bits per heavy atom. The van der Waals surface area contributed by atoms with Crippen LogP contribution in [0.2, 0.25) is 0 Å². The summed E-state index contributed by atoms with van der Waals surface area (Å²) in [5, 5.41) is 0. The predicted molar refractivity (Wildman–Crippen MR) is 127 cm³/mol. The van der Waals surface area contributed by atoms with Gasteiger partial charge in [0.1, 0.15) is 18.1 Å². The molecule has 2 unspecified atom stereocenters. The topological polar surface area (TPSA) is 90.7 Å². The van der Waals surface area contributed by atoms with Gasteiger partial charge in [-0.1, -0.05) is 25.1 Å². The fourth-order valence-corrected chi connectivity index (χ4v) is 5.05. The molecule has 0 radical (unpaired) electrons. The van der Waals surface area contributed by atoms with Crippen molar-refractivity contribution in [2.45, 2.75) is 44.6 Å². The zero-order valence-electron chi connectivity index (χ0n) is 18.2. The minimum Gasteiger partial charge on any atom is -0.497 e. The van der Waals surface area contributed by atoms with E-state index in [4.69, 9.17) is 15.2 Å². The number of sulfonamides is 1. The van der Waals surface area contributed by atoms with Crippen LogP contribution in [0.3, 0.4) is 0 Å². The Morgan fingerprint density at radius 3 is 2.52 bits per heavy atom. The number of benzene rings is 2. The standard InChI is InChI=1S/C23H32N2O4S.ClH/c1-3-14-30(26,27)25-12-13-29-20-10-6-18-7-11-23(24)22(21(18)16-20)15-17-4-8-19(28-2)9-5-17;/h4-6,8-10,16,22-23,25H,3,7,11-15,24H2,1-2H3;1H. The molecule has 1 aliphatic carbocycles. The van der Waals surface area contributed by atoms with Crippen LogP contribution in [-0.4, -0.2) is 40.5 Å². The van der Waals surface area contributed by atoms with Crippen molar-refractivity contribution in [3.63, 3.8) is 0 Å². The Hall–Kier alpha value is -1.80. The third kappa shape index (κ3) is 7.10. The minimum atomic E-state index is -3.21. The van der Waals surface area contributed by atoms with Crippen LogP contribution >= 0.6 is 12.4 Å². The second-order valence-electron chi connectivity index (χ2n) is 7.78. The fraction of sp³-hybridized carbons (Fsp3) is 0.478. The Labute approximate surface area is 192 Å². The van der Waals surface area contributed by atoms with Crippen LogP contribution in [0.5, 0.6) is 11.5 Å². The number of rotatable bonds is 10. The van der Waals surface area contributed by atoms with Crippen LogP contribution in [0.15, 0.2) is 42.5 Å². The van der Waals surface area contributed by atoms with E-state index in [1.165, 1.54) is 16.7 Å². The molecule has 0 spiro atoms. The van der Waals surface area contributed by atoms with Crippen molar-refractivity contribution in [1.29, 1.82) is 0 Å². The van der Waals surface area contributed by atoms with E-state index < -0.39 is 10.0 Å². The van der Waals surface area contributed by atoms with E-state index in [0.717, 1.165) is 30.8 Å². The van der Waals surface area contributed by atoms with Gasteiger partial charge < -0.3 is 15.2 Å². The molecule has 0 bridgehead atoms. The molecular weight excluding hydrogens is 436 g/mol. The van der Waals surface area contributed by atoms with Gasteiger partial charge in [-0.05, 0) is 66.6 Å². The van der Waals surface area contributed by atoms with E-state index in [-0.39, 0.29) is 43.3 Å². The number of halogens is 1. The lowest BCUT2D eigenvalue weighted by atomic mass is 9.76. The number of ether oxygens (including phenoxy) is 2. The second kappa shape index (κ2) is 11.7. The van der Waals surface area contributed by atoms with Gasteiger partial charge in [0, 0.05) is 18.5 Å². The molecule has 3 N–H and O–H groups in total. The average Bonchev–Trinajstić information content (AvgIpc) is 2.74. The molecule has 0 heterocycles. The average molecular weight is 469 g/mol.